The zero-order valence-electron chi connectivity index (χ0n) is 14.7. The first-order valence-electron chi connectivity index (χ1n) is 8.58. The fourth-order valence-corrected chi connectivity index (χ4v) is 3.32. The number of hydrogen-bond acceptors (Lipinski definition) is 3. The maximum absolute atomic E-state index is 12.6. The second-order valence-corrected chi connectivity index (χ2v) is 7.08. The molecule has 0 radical (unpaired) electrons. The summed E-state index contributed by atoms with van der Waals surface area (Å²) in [5.41, 5.74) is -0.363. The van der Waals surface area contributed by atoms with Crippen molar-refractivity contribution in [2.24, 2.45) is 5.92 Å². The van der Waals surface area contributed by atoms with Crippen molar-refractivity contribution in [3.8, 4) is 0 Å². The highest BCUT2D eigenvalue weighted by Crippen LogP contribution is 2.37. The van der Waals surface area contributed by atoms with Crippen LogP contribution in [0.2, 0.25) is 0 Å². The number of carbonyl (C=O) groups is 2. The summed E-state index contributed by atoms with van der Waals surface area (Å²) < 4.78 is 5.40. The van der Waals surface area contributed by atoms with Gasteiger partial charge in [-0.05, 0) is 38.7 Å². The number of benzene rings is 1. The molecule has 24 heavy (non-hydrogen) atoms. The summed E-state index contributed by atoms with van der Waals surface area (Å²) in [5.74, 6) is -0.603. The van der Waals surface area contributed by atoms with E-state index in [4.69, 9.17) is 4.74 Å². The van der Waals surface area contributed by atoms with Gasteiger partial charge in [0.1, 0.15) is 12.1 Å². The van der Waals surface area contributed by atoms with Gasteiger partial charge >= 0.3 is 12.1 Å². The maximum atomic E-state index is 12.6. The molecule has 1 aromatic carbocycles. The molecule has 0 aliphatic heterocycles. The minimum atomic E-state index is -1.24. The van der Waals surface area contributed by atoms with E-state index in [-0.39, 0.29) is 12.6 Å². The predicted octanol–water partition coefficient (Wildman–Crippen LogP) is 4.07. The van der Waals surface area contributed by atoms with Crippen LogP contribution in [-0.4, -0.2) is 33.6 Å². The van der Waals surface area contributed by atoms with Gasteiger partial charge in [-0.1, -0.05) is 49.6 Å². The van der Waals surface area contributed by atoms with Crippen LogP contribution < -0.4 is 0 Å². The summed E-state index contributed by atoms with van der Waals surface area (Å²) in [6.45, 7) is 5.43. The Hall–Kier alpha value is -2.04. The molecule has 5 heteroatoms. The van der Waals surface area contributed by atoms with Crippen LogP contribution in [0.25, 0.3) is 0 Å². The van der Waals surface area contributed by atoms with E-state index in [1.54, 1.807) is 6.92 Å². The lowest BCUT2D eigenvalue weighted by atomic mass is 9.75. The molecule has 0 spiro atoms. The van der Waals surface area contributed by atoms with Gasteiger partial charge in [0.15, 0.2) is 0 Å². The van der Waals surface area contributed by atoms with Gasteiger partial charge in [0.05, 0.1) is 0 Å². The molecule has 1 aliphatic rings. The van der Waals surface area contributed by atoms with Crippen molar-refractivity contribution >= 4 is 12.1 Å². The number of ether oxygens (including phenoxy) is 1. The SMILES string of the molecule is CC(C)N(C(=O)OCc1ccccc1)C(C)(CC1CCC1)C(=O)O. The summed E-state index contributed by atoms with van der Waals surface area (Å²) in [6, 6.07) is 9.14. The van der Waals surface area contributed by atoms with Crippen molar-refractivity contribution in [2.75, 3.05) is 0 Å². The molecule has 0 aromatic heterocycles. The smallest absolute Gasteiger partial charge is 0.411 e. The molecule has 1 saturated carbocycles. The highest BCUT2D eigenvalue weighted by atomic mass is 16.6. The van der Waals surface area contributed by atoms with Crippen molar-refractivity contribution in [3.05, 3.63) is 35.9 Å². The number of carbonyl (C=O) groups excluding carboxylic acids is 1. The molecule has 5 nitrogen and oxygen atoms in total. The average Bonchev–Trinajstić information content (AvgIpc) is 2.49. The van der Waals surface area contributed by atoms with Gasteiger partial charge < -0.3 is 9.84 Å². The van der Waals surface area contributed by atoms with Gasteiger partial charge in [0, 0.05) is 6.04 Å². The van der Waals surface area contributed by atoms with Crippen LogP contribution >= 0.6 is 0 Å². The van der Waals surface area contributed by atoms with Crippen molar-refractivity contribution in [3.63, 3.8) is 0 Å². The van der Waals surface area contributed by atoms with Crippen LogP contribution in [0.1, 0.15) is 52.0 Å². The summed E-state index contributed by atoms with van der Waals surface area (Å²) in [4.78, 5) is 26.0. The molecular weight excluding hydrogens is 306 g/mol. The van der Waals surface area contributed by atoms with Crippen molar-refractivity contribution in [1.29, 1.82) is 0 Å². The Morgan fingerprint density at radius 3 is 2.38 bits per heavy atom. The van der Waals surface area contributed by atoms with Crippen molar-refractivity contribution in [1.82, 2.24) is 4.90 Å². The van der Waals surface area contributed by atoms with E-state index in [2.05, 4.69) is 0 Å². The number of amides is 1. The first kappa shape index (κ1) is 18.3. The zero-order valence-corrected chi connectivity index (χ0v) is 14.7. The van der Waals surface area contributed by atoms with Crippen LogP contribution in [-0.2, 0) is 16.1 Å². The second kappa shape index (κ2) is 7.69. The Labute approximate surface area is 143 Å². The highest BCUT2D eigenvalue weighted by molar-refractivity contribution is 5.84. The number of hydrogen-bond donors (Lipinski definition) is 1. The maximum Gasteiger partial charge on any atom is 0.411 e. The molecule has 1 aromatic rings. The lowest BCUT2D eigenvalue weighted by Gasteiger charge is -2.43. The number of rotatable bonds is 7. The van der Waals surface area contributed by atoms with Gasteiger partial charge in [0.2, 0.25) is 0 Å². The minimum absolute atomic E-state index is 0.141. The van der Waals surface area contributed by atoms with Crippen molar-refractivity contribution in [2.45, 2.75) is 64.6 Å². The third-order valence-corrected chi connectivity index (χ3v) is 4.82. The molecule has 2 rings (SSSR count). The minimum Gasteiger partial charge on any atom is -0.480 e. The Kier molecular flexibility index (Phi) is 5.86. The van der Waals surface area contributed by atoms with E-state index < -0.39 is 17.6 Å². The zero-order chi connectivity index (χ0) is 17.7. The summed E-state index contributed by atoms with van der Waals surface area (Å²) in [6.07, 6.45) is 3.11. The van der Waals surface area contributed by atoms with Crippen LogP contribution in [0.15, 0.2) is 30.3 Å². The summed E-state index contributed by atoms with van der Waals surface area (Å²) in [5, 5.41) is 9.81. The van der Waals surface area contributed by atoms with Crippen LogP contribution in [0.5, 0.6) is 0 Å². The van der Waals surface area contributed by atoms with Crippen LogP contribution in [0, 0.1) is 5.92 Å². The molecule has 132 valence electrons. The van der Waals surface area contributed by atoms with E-state index in [1.165, 1.54) is 4.90 Å². The van der Waals surface area contributed by atoms with E-state index in [1.807, 2.05) is 44.2 Å². The quantitative estimate of drug-likeness (QED) is 0.817. The Bertz CT molecular complexity index is 568. The lowest BCUT2D eigenvalue weighted by Crippen LogP contribution is -2.59. The van der Waals surface area contributed by atoms with Gasteiger partial charge in [-0.3, -0.25) is 4.90 Å². The molecule has 0 heterocycles. The molecular formula is C19H27NO4. The Morgan fingerprint density at radius 1 is 1.29 bits per heavy atom. The number of nitrogens with zero attached hydrogens (tertiary/aromatic N) is 1. The summed E-state index contributed by atoms with van der Waals surface area (Å²) in [7, 11) is 0. The lowest BCUT2D eigenvalue weighted by molar-refractivity contribution is -0.152. The van der Waals surface area contributed by atoms with Crippen LogP contribution in [0.3, 0.4) is 0 Å². The average molecular weight is 333 g/mol. The van der Waals surface area contributed by atoms with E-state index in [9.17, 15) is 14.7 Å². The fourth-order valence-electron chi connectivity index (χ4n) is 3.32. The van der Waals surface area contributed by atoms with Gasteiger partial charge in [-0.2, -0.15) is 0 Å². The summed E-state index contributed by atoms with van der Waals surface area (Å²) >= 11 is 0. The largest absolute Gasteiger partial charge is 0.480 e. The normalized spacial score (nSPS) is 17.0. The molecule has 1 amide bonds. The predicted molar refractivity (Wildman–Crippen MR) is 91.6 cm³/mol. The van der Waals surface area contributed by atoms with Gasteiger partial charge in [-0.15, -0.1) is 0 Å². The van der Waals surface area contributed by atoms with Gasteiger partial charge in [0.25, 0.3) is 0 Å². The first-order chi connectivity index (χ1) is 11.3. The standard InChI is InChI=1S/C19H27NO4/c1-14(2)20(18(23)24-13-16-8-5-4-6-9-16)19(3,17(21)22)12-15-10-7-11-15/h4-6,8-9,14-15H,7,10-13H2,1-3H3,(H,21,22). The van der Waals surface area contributed by atoms with E-state index in [0.717, 1.165) is 24.8 Å². The van der Waals surface area contributed by atoms with Crippen molar-refractivity contribution < 1.29 is 19.4 Å². The number of aliphatic carboxylic acids is 1. The third kappa shape index (κ3) is 4.08. The molecule has 0 saturated heterocycles. The highest BCUT2D eigenvalue weighted by Gasteiger charge is 2.46. The van der Waals surface area contributed by atoms with Gasteiger partial charge in [-0.25, -0.2) is 9.59 Å². The molecule has 1 unspecified atom stereocenters. The Morgan fingerprint density at radius 2 is 1.92 bits per heavy atom. The first-order valence-corrected chi connectivity index (χ1v) is 8.58. The fraction of sp³-hybridized carbons (Fsp3) is 0.579. The Balaban J connectivity index is 2.12. The third-order valence-electron chi connectivity index (χ3n) is 4.82. The molecule has 1 aliphatic carbocycles. The molecule has 1 atom stereocenters. The topological polar surface area (TPSA) is 66.8 Å². The molecule has 1 N–H and O–H groups in total. The van der Waals surface area contributed by atoms with E-state index >= 15 is 0 Å². The molecule has 0 bridgehead atoms. The number of carboxylic acids is 1. The molecule has 1 fully saturated rings. The second-order valence-electron chi connectivity index (χ2n) is 7.08. The van der Waals surface area contributed by atoms with E-state index in [0.29, 0.717) is 12.3 Å². The van der Waals surface area contributed by atoms with Crippen LogP contribution in [0.4, 0.5) is 4.79 Å². The monoisotopic (exact) mass is 333 g/mol. The number of carboxylic acid groups (broad SMARTS) is 1.